The lowest BCUT2D eigenvalue weighted by atomic mass is 9.78. The molecule has 20 heavy (non-hydrogen) atoms. The Hall–Kier alpha value is -0.710. The van der Waals surface area contributed by atoms with Gasteiger partial charge < -0.3 is 10.2 Å². The Kier molecular flexibility index (Phi) is 4.38. The molecule has 4 nitrogen and oxygen atoms in total. The number of thioether (sulfide) groups is 1. The van der Waals surface area contributed by atoms with Gasteiger partial charge in [-0.2, -0.15) is 11.8 Å². The van der Waals surface area contributed by atoms with Gasteiger partial charge in [-0.05, 0) is 39.9 Å². The van der Waals surface area contributed by atoms with E-state index in [0.29, 0.717) is 6.54 Å². The molecular weight excluding hydrogens is 272 g/mol. The van der Waals surface area contributed by atoms with E-state index < -0.39 is 5.54 Å². The van der Waals surface area contributed by atoms with Crippen molar-refractivity contribution in [1.82, 2.24) is 10.2 Å². The highest BCUT2D eigenvalue weighted by Gasteiger charge is 2.50. The largest absolute Gasteiger partial charge is 0.340 e. The van der Waals surface area contributed by atoms with Gasteiger partial charge in [0, 0.05) is 11.3 Å². The summed E-state index contributed by atoms with van der Waals surface area (Å²) in [4.78, 5) is 27.0. The molecule has 2 aliphatic rings. The summed E-state index contributed by atoms with van der Waals surface area (Å²) in [5.74, 6) is 0.134. The second kappa shape index (κ2) is 5.58. The Labute approximate surface area is 126 Å². The van der Waals surface area contributed by atoms with E-state index >= 15 is 0 Å². The second-order valence-corrected chi connectivity index (χ2v) is 8.22. The third kappa shape index (κ3) is 2.83. The molecule has 0 aromatic carbocycles. The van der Waals surface area contributed by atoms with Gasteiger partial charge in [-0.1, -0.05) is 19.3 Å². The number of piperazine rings is 1. The van der Waals surface area contributed by atoms with Gasteiger partial charge >= 0.3 is 0 Å². The number of carbonyl (C=O) groups is 2. The van der Waals surface area contributed by atoms with Crippen molar-refractivity contribution in [2.75, 3.05) is 12.8 Å². The number of amides is 2. The molecule has 1 atom stereocenters. The summed E-state index contributed by atoms with van der Waals surface area (Å²) in [6.07, 6.45) is 6.85. The molecule has 1 heterocycles. The first-order valence-corrected chi connectivity index (χ1v) is 8.72. The van der Waals surface area contributed by atoms with Crippen molar-refractivity contribution in [1.29, 1.82) is 0 Å². The Morgan fingerprint density at radius 2 is 1.90 bits per heavy atom. The van der Waals surface area contributed by atoms with E-state index in [4.69, 9.17) is 0 Å². The highest BCUT2D eigenvalue weighted by molar-refractivity contribution is 7.99. The van der Waals surface area contributed by atoms with Gasteiger partial charge in [-0.3, -0.25) is 9.59 Å². The average molecular weight is 298 g/mol. The van der Waals surface area contributed by atoms with Gasteiger partial charge in [0.1, 0.15) is 11.6 Å². The third-order valence-corrected chi connectivity index (χ3v) is 5.92. The van der Waals surface area contributed by atoms with Crippen LogP contribution >= 0.6 is 11.8 Å². The lowest BCUT2D eigenvalue weighted by Gasteiger charge is -2.48. The molecule has 1 aliphatic carbocycles. The predicted molar refractivity (Wildman–Crippen MR) is 82.7 cm³/mol. The number of carbonyl (C=O) groups excluding carboxylic acids is 2. The summed E-state index contributed by atoms with van der Waals surface area (Å²) in [7, 11) is 0. The number of nitrogens with one attached hydrogen (secondary N) is 1. The van der Waals surface area contributed by atoms with Gasteiger partial charge in [0.15, 0.2) is 0 Å². The number of nitrogens with zero attached hydrogens (tertiary/aromatic N) is 1. The SMILES string of the molecule is CSC(C)(C)CN1C(=O)C2(CCCCC2)NC(=O)C1C. The Morgan fingerprint density at radius 3 is 2.45 bits per heavy atom. The van der Waals surface area contributed by atoms with E-state index in [0.717, 1.165) is 32.1 Å². The van der Waals surface area contributed by atoms with Crippen LogP contribution in [-0.4, -0.2) is 45.8 Å². The van der Waals surface area contributed by atoms with Crippen LogP contribution in [0.5, 0.6) is 0 Å². The van der Waals surface area contributed by atoms with Gasteiger partial charge in [0.05, 0.1) is 0 Å². The zero-order valence-electron chi connectivity index (χ0n) is 13.0. The summed E-state index contributed by atoms with van der Waals surface area (Å²) >= 11 is 1.74. The monoisotopic (exact) mass is 298 g/mol. The van der Waals surface area contributed by atoms with Crippen molar-refractivity contribution in [2.45, 2.75) is 69.2 Å². The lowest BCUT2D eigenvalue weighted by molar-refractivity contribution is -0.156. The number of hydrogen-bond acceptors (Lipinski definition) is 3. The van der Waals surface area contributed by atoms with Crippen molar-refractivity contribution < 1.29 is 9.59 Å². The molecule has 114 valence electrons. The molecular formula is C15H26N2O2S. The van der Waals surface area contributed by atoms with Crippen LogP contribution < -0.4 is 5.32 Å². The maximum atomic E-state index is 13.0. The molecule has 1 saturated carbocycles. The topological polar surface area (TPSA) is 49.4 Å². The fourth-order valence-corrected chi connectivity index (χ4v) is 3.43. The van der Waals surface area contributed by atoms with Crippen molar-refractivity contribution in [3.8, 4) is 0 Å². The minimum absolute atomic E-state index is 0.00315. The molecule has 1 saturated heterocycles. The molecule has 2 amide bonds. The van der Waals surface area contributed by atoms with Crippen molar-refractivity contribution in [3.05, 3.63) is 0 Å². The molecule has 2 rings (SSSR count). The minimum Gasteiger partial charge on any atom is -0.340 e. The quantitative estimate of drug-likeness (QED) is 0.869. The van der Waals surface area contributed by atoms with Gasteiger partial charge in [-0.15, -0.1) is 0 Å². The Balaban J connectivity index is 2.24. The highest BCUT2D eigenvalue weighted by atomic mass is 32.2. The van der Waals surface area contributed by atoms with Crippen LogP contribution in [0.3, 0.4) is 0 Å². The molecule has 0 bridgehead atoms. The third-order valence-electron chi connectivity index (χ3n) is 4.69. The number of hydrogen-bond donors (Lipinski definition) is 1. The van der Waals surface area contributed by atoms with Crippen LogP contribution in [-0.2, 0) is 9.59 Å². The molecule has 1 N–H and O–H groups in total. The lowest BCUT2D eigenvalue weighted by Crippen LogP contribution is -2.71. The molecule has 1 aliphatic heterocycles. The van der Waals surface area contributed by atoms with Crippen LogP contribution in [0.2, 0.25) is 0 Å². The number of rotatable bonds is 3. The van der Waals surface area contributed by atoms with Crippen molar-refractivity contribution in [3.63, 3.8) is 0 Å². The smallest absolute Gasteiger partial charge is 0.249 e. The summed E-state index contributed by atoms with van der Waals surface area (Å²) < 4.78 is -0.0304. The predicted octanol–water partition coefficient (Wildman–Crippen LogP) is 2.18. The van der Waals surface area contributed by atoms with Crippen LogP contribution in [0.15, 0.2) is 0 Å². The fraction of sp³-hybridized carbons (Fsp3) is 0.867. The first kappa shape index (κ1) is 15.7. The summed E-state index contributed by atoms with van der Waals surface area (Å²) in [6, 6.07) is -0.360. The van der Waals surface area contributed by atoms with Gasteiger partial charge in [0.25, 0.3) is 0 Å². The van der Waals surface area contributed by atoms with E-state index in [2.05, 4.69) is 25.4 Å². The molecule has 2 fully saturated rings. The zero-order chi connectivity index (χ0) is 15.0. The summed E-state index contributed by atoms with van der Waals surface area (Å²) in [5.41, 5.74) is -0.615. The van der Waals surface area contributed by atoms with Crippen LogP contribution in [0.1, 0.15) is 52.9 Å². The molecule has 0 radical (unpaired) electrons. The fourth-order valence-electron chi connectivity index (χ4n) is 3.16. The first-order chi connectivity index (χ1) is 9.31. The Morgan fingerprint density at radius 1 is 1.30 bits per heavy atom. The maximum Gasteiger partial charge on any atom is 0.249 e. The molecule has 1 spiro atoms. The molecule has 5 heteroatoms. The maximum absolute atomic E-state index is 13.0. The van der Waals surface area contributed by atoms with E-state index in [1.54, 1.807) is 16.7 Å². The van der Waals surface area contributed by atoms with Crippen LogP contribution in [0.25, 0.3) is 0 Å². The normalized spacial score (nSPS) is 26.8. The standard InChI is InChI=1S/C15H26N2O2S/c1-11-12(18)16-15(8-6-5-7-9-15)13(19)17(11)10-14(2,3)20-4/h11H,5-10H2,1-4H3,(H,16,18). The van der Waals surface area contributed by atoms with Crippen LogP contribution in [0.4, 0.5) is 0 Å². The van der Waals surface area contributed by atoms with E-state index in [1.165, 1.54) is 0 Å². The van der Waals surface area contributed by atoms with Crippen LogP contribution in [0, 0.1) is 0 Å². The molecule has 0 aromatic rings. The van der Waals surface area contributed by atoms with E-state index in [1.807, 2.05) is 6.92 Å². The molecule has 0 aromatic heterocycles. The minimum atomic E-state index is -0.615. The zero-order valence-corrected chi connectivity index (χ0v) is 13.8. The van der Waals surface area contributed by atoms with Crippen molar-refractivity contribution >= 4 is 23.6 Å². The Bertz CT molecular complexity index is 403. The summed E-state index contributed by atoms with van der Waals surface area (Å²) in [5, 5.41) is 3.03. The van der Waals surface area contributed by atoms with Crippen molar-refractivity contribution in [2.24, 2.45) is 0 Å². The second-order valence-electron chi connectivity index (χ2n) is 6.70. The first-order valence-electron chi connectivity index (χ1n) is 7.50. The van der Waals surface area contributed by atoms with Gasteiger partial charge in [-0.25, -0.2) is 0 Å². The van der Waals surface area contributed by atoms with E-state index in [-0.39, 0.29) is 22.6 Å². The highest BCUT2D eigenvalue weighted by Crippen LogP contribution is 2.35. The summed E-state index contributed by atoms with van der Waals surface area (Å²) in [6.45, 7) is 6.71. The average Bonchev–Trinajstić information content (AvgIpc) is 2.43. The van der Waals surface area contributed by atoms with Gasteiger partial charge in [0.2, 0.25) is 11.8 Å². The molecule has 1 unspecified atom stereocenters. The van der Waals surface area contributed by atoms with E-state index in [9.17, 15) is 9.59 Å².